The summed E-state index contributed by atoms with van der Waals surface area (Å²) in [5, 5.41) is 13.6. The Hall–Kier alpha value is -1.95. The van der Waals surface area contributed by atoms with Gasteiger partial charge in [-0.15, -0.1) is 0 Å². The van der Waals surface area contributed by atoms with E-state index in [0.29, 0.717) is 12.1 Å². The Morgan fingerprint density at radius 3 is 2.80 bits per heavy atom. The van der Waals surface area contributed by atoms with E-state index in [1.54, 1.807) is 19.1 Å². The Bertz CT molecular complexity index is 526. The molecule has 6 nitrogen and oxygen atoms in total. The lowest BCUT2D eigenvalue weighted by Crippen LogP contribution is -2.55. The molecule has 2 rings (SSSR count). The number of rotatable bonds is 5. The van der Waals surface area contributed by atoms with E-state index in [0.717, 1.165) is 19.3 Å². The summed E-state index contributed by atoms with van der Waals surface area (Å²) < 4.78 is 0. The van der Waals surface area contributed by atoms with E-state index in [9.17, 15) is 14.9 Å². The SMILES string of the molecule is CC(C(=O)NCC1(N)CCC1)c1cccc([N+](=O)[O-])c1. The third-order valence-electron chi connectivity index (χ3n) is 3.94. The maximum atomic E-state index is 12.1. The fourth-order valence-electron chi connectivity index (χ4n) is 2.28. The van der Waals surface area contributed by atoms with Crippen LogP contribution in [0.25, 0.3) is 0 Å². The Balaban J connectivity index is 1.99. The number of carbonyl (C=O) groups excluding carboxylic acids is 1. The van der Waals surface area contributed by atoms with E-state index in [-0.39, 0.29) is 17.1 Å². The molecule has 1 aromatic rings. The van der Waals surface area contributed by atoms with Gasteiger partial charge in [-0.25, -0.2) is 0 Å². The van der Waals surface area contributed by atoms with Crippen molar-refractivity contribution in [3.05, 3.63) is 39.9 Å². The van der Waals surface area contributed by atoms with Crippen molar-refractivity contribution in [2.45, 2.75) is 37.6 Å². The van der Waals surface area contributed by atoms with Crippen LogP contribution in [0.15, 0.2) is 24.3 Å². The van der Waals surface area contributed by atoms with Crippen LogP contribution < -0.4 is 11.1 Å². The summed E-state index contributed by atoms with van der Waals surface area (Å²) in [7, 11) is 0. The fraction of sp³-hybridized carbons (Fsp3) is 0.500. The predicted molar refractivity (Wildman–Crippen MR) is 75.3 cm³/mol. The van der Waals surface area contributed by atoms with Gasteiger partial charge in [-0.2, -0.15) is 0 Å². The van der Waals surface area contributed by atoms with Crippen LogP contribution in [0.2, 0.25) is 0 Å². The molecule has 0 aliphatic heterocycles. The van der Waals surface area contributed by atoms with Gasteiger partial charge in [-0.3, -0.25) is 14.9 Å². The third-order valence-corrected chi connectivity index (χ3v) is 3.94. The summed E-state index contributed by atoms with van der Waals surface area (Å²) >= 11 is 0. The molecular formula is C14H19N3O3. The van der Waals surface area contributed by atoms with Gasteiger partial charge < -0.3 is 11.1 Å². The van der Waals surface area contributed by atoms with Crippen molar-refractivity contribution in [2.24, 2.45) is 5.73 Å². The lowest BCUT2D eigenvalue weighted by atomic mass is 9.77. The number of benzene rings is 1. The number of hydrogen-bond acceptors (Lipinski definition) is 4. The lowest BCUT2D eigenvalue weighted by molar-refractivity contribution is -0.384. The van der Waals surface area contributed by atoms with Crippen molar-refractivity contribution in [1.82, 2.24) is 5.32 Å². The molecule has 1 aromatic carbocycles. The fourth-order valence-corrected chi connectivity index (χ4v) is 2.28. The van der Waals surface area contributed by atoms with Gasteiger partial charge in [-0.05, 0) is 31.7 Å². The smallest absolute Gasteiger partial charge is 0.269 e. The summed E-state index contributed by atoms with van der Waals surface area (Å²) in [5.41, 5.74) is 6.42. The highest BCUT2D eigenvalue weighted by Gasteiger charge is 2.33. The zero-order valence-electron chi connectivity index (χ0n) is 11.5. The molecule has 3 N–H and O–H groups in total. The van der Waals surface area contributed by atoms with Gasteiger partial charge in [0, 0.05) is 24.2 Å². The number of non-ortho nitro benzene ring substituents is 1. The molecule has 1 amide bonds. The number of hydrogen-bond donors (Lipinski definition) is 2. The molecule has 1 fully saturated rings. The molecule has 20 heavy (non-hydrogen) atoms. The van der Waals surface area contributed by atoms with Crippen LogP contribution in [0.1, 0.15) is 37.7 Å². The Morgan fingerprint density at radius 2 is 2.25 bits per heavy atom. The molecule has 0 aromatic heterocycles. The van der Waals surface area contributed by atoms with Gasteiger partial charge in [-0.1, -0.05) is 12.1 Å². The van der Waals surface area contributed by atoms with Gasteiger partial charge in [0.2, 0.25) is 5.91 Å². The minimum Gasteiger partial charge on any atom is -0.354 e. The minimum atomic E-state index is -0.461. The highest BCUT2D eigenvalue weighted by Crippen LogP contribution is 2.28. The van der Waals surface area contributed by atoms with E-state index >= 15 is 0 Å². The van der Waals surface area contributed by atoms with Crippen molar-refractivity contribution < 1.29 is 9.72 Å². The minimum absolute atomic E-state index is 0.00330. The second-order valence-electron chi connectivity index (χ2n) is 5.51. The second kappa shape index (κ2) is 5.58. The van der Waals surface area contributed by atoms with Crippen LogP contribution >= 0.6 is 0 Å². The van der Waals surface area contributed by atoms with E-state index in [2.05, 4.69) is 5.32 Å². The highest BCUT2D eigenvalue weighted by molar-refractivity contribution is 5.83. The number of nitro benzene ring substituents is 1. The first-order valence-corrected chi connectivity index (χ1v) is 6.72. The van der Waals surface area contributed by atoms with Crippen LogP contribution in [0.3, 0.4) is 0 Å². The summed E-state index contributed by atoms with van der Waals surface area (Å²) in [6, 6.07) is 6.16. The zero-order chi connectivity index (χ0) is 14.8. The Kier molecular flexibility index (Phi) is 4.04. The van der Waals surface area contributed by atoms with E-state index < -0.39 is 10.8 Å². The van der Waals surface area contributed by atoms with Crippen LogP contribution in [0.4, 0.5) is 5.69 Å². The molecule has 0 bridgehead atoms. The molecule has 1 atom stereocenters. The van der Waals surface area contributed by atoms with Crippen LogP contribution in [0, 0.1) is 10.1 Å². The lowest BCUT2D eigenvalue weighted by Gasteiger charge is -2.38. The van der Waals surface area contributed by atoms with Crippen molar-refractivity contribution >= 4 is 11.6 Å². The first kappa shape index (κ1) is 14.5. The average Bonchev–Trinajstić information content (AvgIpc) is 2.42. The molecule has 108 valence electrons. The van der Waals surface area contributed by atoms with Crippen LogP contribution in [-0.4, -0.2) is 22.9 Å². The van der Waals surface area contributed by atoms with Crippen LogP contribution in [0.5, 0.6) is 0 Å². The van der Waals surface area contributed by atoms with Crippen LogP contribution in [-0.2, 0) is 4.79 Å². The second-order valence-corrected chi connectivity index (χ2v) is 5.51. The maximum Gasteiger partial charge on any atom is 0.269 e. The third kappa shape index (κ3) is 3.14. The number of nitro groups is 1. The summed E-state index contributed by atoms with van der Waals surface area (Å²) in [4.78, 5) is 22.4. The largest absolute Gasteiger partial charge is 0.354 e. The monoisotopic (exact) mass is 277 g/mol. The molecule has 1 unspecified atom stereocenters. The van der Waals surface area contributed by atoms with Crippen molar-refractivity contribution in [1.29, 1.82) is 0 Å². The number of amides is 1. The van der Waals surface area contributed by atoms with E-state index in [4.69, 9.17) is 5.73 Å². The molecule has 0 heterocycles. The molecule has 1 aliphatic carbocycles. The van der Waals surface area contributed by atoms with Gasteiger partial charge in [0.05, 0.1) is 10.8 Å². The first-order chi connectivity index (χ1) is 9.41. The molecule has 1 saturated carbocycles. The van der Waals surface area contributed by atoms with Gasteiger partial charge in [0.1, 0.15) is 0 Å². The molecule has 1 aliphatic rings. The van der Waals surface area contributed by atoms with Gasteiger partial charge >= 0.3 is 0 Å². The summed E-state index contributed by atoms with van der Waals surface area (Å²) in [6.45, 7) is 2.20. The zero-order valence-corrected chi connectivity index (χ0v) is 11.5. The standard InChI is InChI=1S/C14H19N3O3/c1-10(11-4-2-5-12(8-11)17(19)20)13(18)16-9-14(15)6-3-7-14/h2,4-5,8,10H,3,6-7,9,15H2,1H3,(H,16,18). The van der Waals surface area contributed by atoms with E-state index in [1.807, 2.05) is 0 Å². The molecule has 0 saturated heterocycles. The number of nitrogens with one attached hydrogen (secondary N) is 1. The van der Waals surface area contributed by atoms with Gasteiger partial charge in [0.25, 0.3) is 5.69 Å². The van der Waals surface area contributed by atoms with Crippen molar-refractivity contribution in [3.63, 3.8) is 0 Å². The number of nitrogens with zero attached hydrogens (tertiary/aromatic N) is 1. The molecular weight excluding hydrogens is 258 g/mol. The predicted octanol–water partition coefficient (Wildman–Crippen LogP) is 1.70. The van der Waals surface area contributed by atoms with E-state index in [1.165, 1.54) is 12.1 Å². The Labute approximate surface area is 117 Å². The van der Waals surface area contributed by atoms with Crippen molar-refractivity contribution in [3.8, 4) is 0 Å². The maximum absolute atomic E-state index is 12.1. The molecule has 0 spiro atoms. The number of carbonyl (C=O) groups is 1. The summed E-state index contributed by atoms with van der Waals surface area (Å²) in [5.74, 6) is -0.583. The topological polar surface area (TPSA) is 98.3 Å². The normalized spacial score (nSPS) is 17.9. The number of nitrogens with two attached hydrogens (primary N) is 1. The highest BCUT2D eigenvalue weighted by atomic mass is 16.6. The summed E-state index contributed by atoms with van der Waals surface area (Å²) in [6.07, 6.45) is 2.96. The first-order valence-electron chi connectivity index (χ1n) is 6.72. The molecule has 0 radical (unpaired) electrons. The average molecular weight is 277 g/mol. The molecule has 6 heteroatoms. The van der Waals surface area contributed by atoms with Crippen molar-refractivity contribution in [2.75, 3.05) is 6.54 Å². The van der Waals surface area contributed by atoms with Gasteiger partial charge in [0.15, 0.2) is 0 Å². The Morgan fingerprint density at radius 1 is 1.55 bits per heavy atom. The quantitative estimate of drug-likeness (QED) is 0.632.